The van der Waals surface area contributed by atoms with Gasteiger partial charge in [-0.25, -0.2) is 9.59 Å². The van der Waals surface area contributed by atoms with Crippen LogP contribution in [-0.2, 0) is 27.2 Å². The van der Waals surface area contributed by atoms with Gasteiger partial charge in [-0.15, -0.1) is 0 Å². The number of carboxylic acid groups (broad SMARTS) is 1. The second-order valence-electron chi connectivity index (χ2n) is 10.0. The summed E-state index contributed by atoms with van der Waals surface area (Å²) >= 11 is 0. The number of carbonyl (C=O) groups excluding carboxylic acids is 2. The molecule has 1 fully saturated rings. The smallest absolute Gasteiger partial charge is 0.339 e. The van der Waals surface area contributed by atoms with Crippen LogP contribution in [-0.4, -0.2) is 54.0 Å². The van der Waals surface area contributed by atoms with Crippen LogP contribution in [0.4, 0.5) is 0 Å². The largest absolute Gasteiger partial charge is 0.496 e. The standard InChI is InChI=1S/C30H34N2O7/c1-18-22-9-11-25(38-3)19(2)27(22)39-30(37)23(18)10-12-26(33)32-15-13-21(14-16-32)28(34)31-24(29(35)36)17-20-7-5-4-6-8-20/h4-9,11,21,24H,10,12-17H2,1-3H3,(H,31,34)(H,35,36). The highest BCUT2D eigenvalue weighted by atomic mass is 16.5. The third-order valence-corrected chi connectivity index (χ3v) is 7.58. The maximum absolute atomic E-state index is 12.9. The fourth-order valence-electron chi connectivity index (χ4n) is 5.20. The first kappa shape index (κ1) is 27.9. The highest BCUT2D eigenvalue weighted by Crippen LogP contribution is 2.29. The summed E-state index contributed by atoms with van der Waals surface area (Å²) in [6.07, 6.45) is 1.52. The Bertz CT molecular complexity index is 1420. The molecule has 3 aromatic rings. The zero-order valence-electron chi connectivity index (χ0n) is 22.5. The van der Waals surface area contributed by atoms with Gasteiger partial charge in [0.05, 0.1) is 7.11 Å². The summed E-state index contributed by atoms with van der Waals surface area (Å²) in [4.78, 5) is 51.9. The van der Waals surface area contributed by atoms with E-state index in [2.05, 4.69) is 5.32 Å². The SMILES string of the molecule is COc1ccc2c(C)c(CCC(=O)N3CCC(C(=O)NC(Cc4ccccc4)C(=O)O)CC3)c(=O)oc2c1C. The van der Waals surface area contributed by atoms with Gasteiger partial charge in [0.25, 0.3) is 0 Å². The van der Waals surface area contributed by atoms with Crippen LogP contribution >= 0.6 is 0 Å². The van der Waals surface area contributed by atoms with E-state index in [-0.39, 0.29) is 37.0 Å². The number of likely N-dealkylation sites (tertiary alicyclic amines) is 1. The number of amides is 2. The molecule has 1 aromatic heterocycles. The van der Waals surface area contributed by atoms with Crippen molar-refractivity contribution in [1.29, 1.82) is 0 Å². The van der Waals surface area contributed by atoms with Gasteiger partial charge in [0.15, 0.2) is 0 Å². The van der Waals surface area contributed by atoms with E-state index in [9.17, 15) is 24.3 Å². The molecule has 2 aromatic carbocycles. The lowest BCUT2D eigenvalue weighted by Gasteiger charge is -2.32. The third-order valence-electron chi connectivity index (χ3n) is 7.58. The maximum atomic E-state index is 12.9. The van der Waals surface area contributed by atoms with Crippen LogP contribution in [0.3, 0.4) is 0 Å². The summed E-state index contributed by atoms with van der Waals surface area (Å²) in [5.41, 5.74) is 2.88. The highest BCUT2D eigenvalue weighted by molar-refractivity contribution is 5.86. The minimum atomic E-state index is -1.08. The molecule has 0 aliphatic carbocycles. The summed E-state index contributed by atoms with van der Waals surface area (Å²) < 4.78 is 10.9. The number of hydrogen-bond acceptors (Lipinski definition) is 6. The molecule has 1 unspecified atom stereocenters. The summed E-state index contributed by atoms with van der Waals surface area (Å²) in [7, 11) is 1.56. The number of ether oxygens (including phenoxy) is 1. The van der Waals surface area contributed by atoms with Crippen molar-refractivity contribution >= 4 is 28.8 Å². The first-order valence-corrected chi connectivity index (χ1v) is 13.1. The second kappa shape index (κ2) is 12.1. The van der Waals surface area contributed by atoms with Gasteiger partial charge in [0, 0.05) is 48.4 Å². The molecule has 39 heavy (non-hydrogen) atoms. The Hall–Kier alpha value is -4.14. The molecule has 2 heterocycles. The van der Waals surface area contributed by atoms with Crippen LogP contribution in [0, 0.1) is 19.8 Å². The topological polar surface area (TPSA) is 126 Å². The lowest BCUT2D eigenvalue weighted by atomic mass is 9.94. The van der Waals surface area contributed by atoms with Crippen LogP contribution in [0.15, 0.2) is 51.7 Å². The molecule has 2 N–H and O–H groups in total. The van der Waals surface area contributed by atoms with Crippen molar-refractivity contribution in [3.05, 3.63) is 75.1 Å². The van der Waals surface area contributed by atoms with Gasteiger partial charge >= 0.3 is 11.6 Å². The Labute approximate surface area is 226 Å². The fourth-order valence-corrected chi connectivity index (χ4v) is 5.20. The summed E-state index contributed by atoms with van der Waals surface area (Å²) in [5, 5.41) is 13.1. The second-order valence-corrected chi connectivity index (χ2v) is 10.0. The molecule has 0 bridgehead atoms. The number of methoxy groups -OCH3 is 1. The minimum absolute atomic E-state index is 0.0915. The maximum Gasteiger partial charge on any atom is 0.339 e. The third kappa shape index (κ3) is 6.30. The average molecular weight is 535 g/mol. The summed E-state index contributed by atoms with van der Waals surface area (Å²) in [6.45, 7) is 4.49. The number of nitrogens with zero attached hydrogens (tertiary/aromatic N) is 1. The van der Waals surface area contributed by atoms with Gasteiger partial charge in [-0.05, 0) is 56.4 Å². The zero-order chi connectivity index (χ0) is 28.1. The number of fused-ring (bicyclic) bond motifs is 1. The number of hydrogen-bond donors (Lipinski definition) is 2. The first-order chi connectivity index (χ1) is 18.7. The van der Waals surface area contributed by atoms with Crippen molar-refractivity contribution in [3.8, 4) is 5.75 Å². The van der Waals surface area contributed by atoms with Crippen molar-refractivity contribution in [2.45, 2.75) is 52.0 Å². The van der Waals surface area contributed by atoms with Gasteiger partial charge in [-0.2, -0.15) is 0 Å². The van der Waals surface area contributed by atoms with E-state index in [0.29, 0.717) is 42.8 Å². The van der Waals surface area contributed by atoms with Crippen LogP contribution < -0.4 is 15.7 Å². The van der Waals surface area contributed by atoms with E-state index in [0.717, 1.165) is 22.1 Å². The van der Waals surface area contributed by atoms with Crippen molar-refractivity contribution in [1.82, 2.24) is 10.2 Å². The number of aryl methyl sites for hydroxylation is 2. The Morgan fingerprint density at radius 2 is 1.77 bits per heavy atom. The molecular formula is C30H34N2O7. The summed E-state index contributed by atoms with van der Waals surface area (Å²) in [5.74, 6) is -1.20. The summed E-state index contributed by atoms with van der Waals surface area (Å²) in [6, 6.07) is 11.8. The molecule has 9 nitrogen and oxygen atoms in total. The van der Waals surface area contributed by atoms with Crippen molar-refractivity contribution < 1.29 is 28.6 Å². The lowest BCUT2D eigenvalue weighted by molar-refractivity contribution is -0.143. The normalized spacial score (nSPS) is 14.7. The number of nitrogens with one attached hydrogen (secondary N) is 1. The van der Waals surface area contributed by atoms with Gasteiger partial charge in [-0.1, -0.05) is 30.3 Å². The Kier molecular flexibility index (Phi) is 8.69. The highest BCUT2D eigenvalue weighted by Gasteiger charge is 2.30. The Morgan fingerprint density at radius 3 is 2.41 bits per heavy atom. The molecule has 1 saturated heterocycles. The number of piperidine rings is 1. The van der Waals surface area contributed by atoms with Crippen LogP contribution in [0.5, 0.6) is 5.75 Å². The molecule has 0 radical (unpaired) electrons. The van der Waals surface area contributed by atoms with Crippen molar-refractivity contribution in [2.75, 3.05) is 20.2 Å². The van der Waals surface area contributed by atoms with E-state index >= 15 is 0 Å². The number of carboxylic acids is 1. The Balaban J connectivity index is 1.32. The molecule has 1 aliphatic heterocycles. The quantitative estimate of drug-likeness (QED) is 0.403. The minimum Gasteiger partial charge on any atom is -0.496 e. The van der Waals surface area contributed by atoms with E-state index in [1.807, 2.05) is 56.3 Å². The van der Waals surface area contributed by atoms with E-state index in [4.69, 9.17) is 9.15 Å². The lowest BCUT2D eigenvalue weighted by Crippen LogP contribution is -2.48. The van der Waals surface area contributed by atoms with Gasteiger partial charge in [0.1, 0.15) is 17.4 Å². The average Bonchev–Trinajstić information content (AvgIpc) is 2.93. The monoisotopic (exact) mass is 534 g/mol. The van der Waals surface area contributed by atoms with Crippen molar-refractivity contribution in [3.63, 3.8) is 0 Å². The number of rotatable bonds is 9. The number of benzene rings is 2. The molecule has 4 rings (SSSR count). The fraction of sp³-hybridized carbons (Fsp3) is 0.400. The molecule has 1 aliphatic rings. The van der Waals surface area contributed by atoms with Gasteiger partial charge in [0.2, 0.25) is 11.8 Å². The van der Waals surface area contributed by atoms with Crippen molar-refractivity contribution in [2.24, 2.45) is 5.92 Å². The Morgan fingerprint density at radius 1 is 1.08 bits per heavy atom. The first-order valence-electron chi connectivity index (χ1n) is 13.1. The van der Waals surface area contributed by atoms with E-state index in [1.165, 1.54) is 0 Å². The molecule has 9 heteroatoms. The zero-order valence-corrected chi connectivity index (χ0v) is 22.5. The predicted molar refractivity (Wildman–Crippen MR) is 146 cm³/mol. The van der Waals surface area contributed by atoms with E-state index < -0.39 is 17.6 Å². The van der Waals surface area contributed by atoms with Gasteiger partial charge in [-0.3, -0.25) is 9.59 Å². The molecule has 206 valence electrons. The predicted octanol–water partition coefficient (Wildman–Crippen LogP) is 3.40. The molecule has 0 spiro atoms. The van der Waals surface area contributed by atoms with Crippen LogP contribution in [0.1, 0.15) is 41.5 Å². The molecule has 0 saturated carbocycles. The van der Waals surface area contributed by atoms with E-state index in [1.54, 1.807) is 12.0 Å². The molecular weight excluding hydrogens is 500 g/mol. The van der Waals surface area contributed by atoms with Crippen LogP contribution in [0.25, 0.3) is 11.0 Å². The molecule has 1 atom stereocenters. The van der Waals surface area contributed by atoms with Gasteiger partial charge < -0.3 is 24.5 Å². The number of carbonyl (C=O) groups is 3. The van der Waals surface area contributed by atoms with Crippen LogP contribution in [0.2, 0.25) is 0 Å². The molecule has 2 amide bonds. The number of aliphatic carboxylic acids is 1.